The quantitative estimate of drug-likeness (QED) is 0.886. The average Bonchev–Trinajstić information content (AvgIpc) is 2.82. The molecule has 1 aliphatic rings. The van der Waals surface area contributed by atoms with Gasteiger partial charge in [0.2, 0.25) is 17.8 Å². The van der Waals surface area contributed by atoms with Gasteiger partial charge in [0.15, 0.2) is 0 Å². The molecule has 2 aromatic rings. The van der Waals surface area contributed by atoms with Crippen molar-refractivity contribution < 1.29 is 9.59 Å². The van der Waals surface area contributed by atoms with E-state index in [9.17, 15) is 9.59 Å². The van der Waals surface area contributed by atoms with E-state index in [1.165, 1.54) is 0 Å². The van der Waals surface area contributed by atoms with Crippen LogP contribution < -0.4 is 10.6 Å². The highest BCUT2D eigenvalue weighted by Crippen LogP contribution is 2.25. The summed E-state index contributed by atoms with van der Waals surface area (Å²) in [5.74, 6) is -0.0563. The molecule has 1 atom stereocenters. The highest BCUT2D eigenvalue weighted by Gasteiger charge is 2.29. The number of aryl methyl sites for hydroxylation is 1. The average molecular weight is 354 g/mol. The maximum atomic E-state index is 12.1. The number of amides is 2. The summed E-state index contributed by atoms with van der Waals surface area (Å²) in [6, 6.07) is 4.80. The monoisotopic (exact) mass is 353 g/mol. The number of halogens is 2. The fourth-order valence-electron chi connectivity index (χ4n) is 2.35. The SMILES string of the molecule is Cc1nc2n(n1)CC(CC(=O)Nc1ccc(Cl)c(Cl)c1)C(=O)N2. The summed E-state index contributed by atoms with van der Waals surface area (Å²) in [7, 11) is 0. The fraction of sp³-hybridized carbons (Fsp3) is 0.286. The minimum Gasteiger partial charge on any atom is -0.326 e. The van der Waals surface area contributed by atoms with Gasteiger partial charge in [-0.15, -0.1) is 0 Å². The van der Waals surface area contributed by atoms with Crippen LogP contribution in [-0.4, -0.2) is 26.6 Å². The van der Waals surface area contributed by atoms with Crippen LogP contribution in [0.3, 0.4) is 0 Å². The van der Waals surface area contributed by atoms with E-state index in [0.717, 1.165) is 0 Å². The Kier molecular flexibility index (Phi) is 4.23. The van der Waals surface area contributed by atoms with Crippen molar-refractivity contribution >= 4 is 46.7 Å². The zero-order valence-electron chi connectivity index (χ0n) is 12.1. The van der Waals surface area contributed by atoms with Crippen LogP contribution in [0.4, 0.5) is 11.6 Å². The molecule has 9 heteroatoms. The standard InChI is InChI=1S/C14H13Cl2N5O2/c1-7-17-14-19-13(23)8(6-21(14)20-7)4-12(22)18-9-2-3-10(15)11(16)5-9/h2-3,5,8H,4,6H2,1H3,(H,18,22)(H,17,19,20,23). The van der Waals surface area contributed by atoms with Crippen molar-refractivity contribution in [1.82, 2.24) is 14.8 Å². The van der Waals surface area contributed by atoms with Gasteiger partial charge in [-0.3, -0.25) is 14.9 Å². The number of aromatic nitrogens is 3. The van der Waals surface area contributed by atoms with Gasteiger partial charge in [-0.25, -0.2) is 4.68 Å². The van der Waals surface area contributed by atoms with Gasteiger partial charge >= 0.3 is 0 Å². The molecule has 0 bridgehead atoms. The molecular formula is C14H13Cl2N5O2. The van der Waals surface area contributed by atoms with Gasteiger partial charge in [0, 0.05) is 12.1 Å². The molecule has 1 aromatic carbocycles. The Morgan fingerprint density at radius 2 is 2.22 bits per heavy atom. The summed E-state index contributed by atoms with van der Waals surface area (Å²) < 4.78 is 1.59. The normalized spacial score (nSPS) is 16.7. The second-order valence-electron chi connectivity index (χ2n) is 5.23. The number of carbonyl (C=O) groups is 2. The molecule has 0 radical (unpaired) electrons. The van der Waals surface area contributed by atoms with Crippen LogP contribution in [0.25, 0.3) is 0 Å². The lowest BCUT2D eigenvalue weighted by molar-refractivity contribution is -0.125. The Balaban J connectivity index is 1.66. The van der Waals surface area contributed by atoms with Crippen molar-refractivity contribution in [2.45, 2.75) is 19.9 Å². The lowest BCUT2D eigenvalue weighted by Crippen LogP contribution is -2.36. The van der Waals surface area contributed by atoms with E-state index < -0.39 is 5.92 Å². The van der Waals surface area contributed by atoms with Crippen LogP contribution in [0.5, 0.6) is 0 Å². The molecule has 2 N–H and O–H groups in total. The number of carbonyl (C=O) groups excluding carboxylic acids is 2. The zero-order chi connectivity index (χ0) is 16.6. The van der Waals surface area contributed by atoms with Crippen LogP contribution in [0.15, 0.2) is 18.2 Å². The van der Waals surface area contributed by atoms with E-state index in [1.807, 2.05) is 0 Å². The van der Waals surface area contributed by atoms with Crippen molar-refractivity contribution in [3.63, 3.8) is 0 Å². The lowest BCUT2D eigenvalue weighted by Gasteiger charge is -2.21. The zero-order valence-corrected chi connectivity index (χ0v) is 13.6. The summed E-state index contributed by atoms with van der Waals surface area (Å²) in [5.41, 5.74) is 0.526. The van der Waals surface area contributed by atoms with E-state index in [1.54, 1.807) is 29.8 Å². The molecule has 0 fully saturated rings. The van der Waals surface area contributed by atoms with Crippen molar-refractivity contribution in [2.75, 3.05) is 10.6 Å². The summed E-state index contributed by atoms with van der Waals surface area (Å²) in [5, 5.41) is 10.3. The minimum atomic E-state index is -0.508. The first-order valence-electron chi connectivity index (χ1n) is 6.89. The third-order valence-corrected chi connectivity index (χ3v) is 4.15. The third kappa shape index (κ3) is 3.46. The van der Waals surface area contributed by atoms with Crippen LogP contribution >= 0.6 is 23.2 Å². The van der Waals surface area contributed by atoms with Crippen LogP contribution in [0.1, 0.15) is 12.2 Å². The Bertz CT molecular complexity index is 789. The molecule has 0 saturated carbocycles. The van der Waals surface area contributed by atoms with Gasteiger partial charge < -0.3 is 5.32 Å². The smallest absolute Gasteiger partial charge is 0.232 e. The molecule has 120 valence electrons. The van der Waals surface area contributed by atoms with Gasteiger partial charge in [0.1, 0.15) is 5.82 Å². The largest absolute Gasteiger partial charge is 0.326 e. The highest BCUT2D eigenvalue weighted by atomic mass is 35.5. The summed E-state index contributed by atoms with van der Waals surface area (Å²) in [6.45, 7) is 2.06. The highest BCUT2D eigenvalue weighted by molar-refractivity contribution is 6.42. The first-order valence-corrected chi connectivity index (χ1v) is 7.65. The maximum absolute atomic E-state index is 12.1. The van der Waals surface area contributed by atoms with E-state index in [0.29, 0.717) is 34.1 Å². The first-order chi connectivity index (χ1) is 10.9. The predicted octanol–water partition coefficient (Wildman–Crippen LogP) is 2.49. The fourth-order valence-corrected chi connectivity index (χ4v) is 2.64. The maximum Gasteiger partial charge on any atom is 0.232 e. The summed E-state index contributed by atoms with van der Waals surface area (Å²) in [6.07, 6.45) is 0.0322. The van der Waals surface area contributed by atoms with Crippen LogP contribution in [0.2, 0.25) is 10.0 Å². The van der Waals surface area contributed by atoms with E-state index in [2.05, 4.69) is 20.7 Å². The minimum absolute atomic E-state index is 0.0322. The second-order valence-corrected chi connectivity index (χ2v) is 6.05. The molecule has 3 rings (SSSR count). The molecule has 2 heterocycles. The lowest BCUT2D eigenvalue weighted by atomic mass is 10.0. The molecule has 2 amide bonds. The molecule has 1 aliphatic heterocycles. The van der Waals surface area contributed by atoms with Gasteiger partial charge in [0.25, 0.3) is 0 Å². The van der Waals surface area contributed by atoms with Gasteiger partial charge in [-0.05, 0) is 25.1 Å². The molecule has 7 nitrogen and oxygen atoms in total. The molecule has 23 heavy (non-hydrogen) atoms. The topological polar surface area (TPSA) is 88.9 Å². The number of rotatable bonds is 3. The molecule has 1 unspecified atom stereocenters. The Hall–Kier alpha value is -2.12. The molecular weight excluding hydrogens is 341 g/mol. The van der Waals surface area contributed by atoms with E-state index >= 15 is 0 Å². The Morgan fingerprint density at radius 1 is 1.43 bits per heavy atom. The Labute approximate surface area is 142 Å². The number of nitrogens with one attached hydrogen (secondary N) is 2. The summed E-state index contributed by atoms with van der Waals surface area (Å²) >= 11 is 11.7. The molecule has 0 spiro atoms. The van der Waals surface area contributed by atoms with Crippen LogP contribution in [0, 0.1) is 12.8 Å². The Morgan fingerprint density at radius 3 is 2.96 bits per heavy atom. The number of hydrogen-bond acceptors (Lipinski definition) is 4. The summed E-state index contributed by atoms with van der Waals surface area (Å²) in [4.78, 5) is 28.3. The number of hydrogen-bond donors (Lipinski definition) is 2. The van der Waals surface area contributed by atoms with E-state index in [-0.39, 0.29) is 18.2 Å². The number of nitrogens with zero attached hydrogens (tertiary/aromatic N) is 3. The second kappa shape index (κ2) is 6.17. The van der Waals surface area contributed by atoms with Crippen molar-refractivity contribution in [2.24, 2.45) is 5.92 Å². The predicted molar refractivity (Wildman–Crippen MR) is 86.6 cm³/mol. The molecule has 0 aliphatic carbocycles. The first kappa shape index (κ1) is 15.8. The van der Waals surface area contributed by atoms with Gasteiger partial charge in [-0.1, -0.05) is 23.2 Å². The number of fused-ring (bicyclic) bond motifs is 1. The van der Waals surface area contributed by atoms with Crippen molar-refractivity contribution in [1.29, 1.82) is 0 Å². The van der Waals surface area contributed by atoms with Crippen LogP contribution in [-0.2, 0) is 16.1 Å². The number of anilines is 2. The van der Waals surface area contributed by atoms with Crippen molar-refractivity contribution in [3.05, 3.63) is 34.1 Å². The van der Waals surface area contributed by atoms with Gasteiger partial charge in [-0.2, -0.15) is 10.1 Å². The van der Waals surface area contributed by atoms with Crippen molar-refractivity contribution in [3.8, 4) is 0 Å². The third-order valence-electron chi connectivity index (χ3n) is 3.41. The molecule has 1 aromatic heterocycles. The molecule has 0 saturated heterocycles. The van der Waals surface area contributed by atoms with Gasteiger partial charge in [0.05, 0.1) is 22.5 Å². The number of benzene rings is 1. The van der Waals surface area contributed by atoms with E-state index in [4.69, 9.17) is 23.2 Å².